The summed E-state index contributed by atoms with van der Waals surface area (Å²) < 4.78 is 13.5. The van der Waals surface area contributed by atoms with Crippen LogP contribution < -0.4 is 4.90 Å². The van der Waals surface area contributed by atoms with Gasteiger partial charge in [-0.15, -0.1) is 0 Å². The third-order valence-corrected chi connectivity index (χ3v) is 10.7. The lowest BCUT2D eigenvalue weighted by Gasteiger charge is -2.27. The molecule has 0 aliphatic rings. The molecule has 0 aliphatic carbocycles. The van der Waals surface area contributed by atoms with Crippen molar-refractivity contribution in [2.75, 3.05) is 4.90 Å². The standard InChI is InChI=1S/C50H31NO2/c1-2-13-32(14-3-1)33-27-29-35(30-28-33)51(44-24-11-23-42-39-19-8-9-25-46(39)52-50(42)44)45-31-43-48-40(37-21-10-16-34-15-4-5-17-36(34)37)22-12-26-47(48)53-49(43)41-20-7-6-18-38(41)45/h1-31H. The van der Waals surface area contributed by atoms with Gasteiger partial charge in [-0.25, -0.2) is 0 Å². The van der Waals surface area contributed by atoms with Gasteiger partial charge in [-0.05, 0) is 69.4 Å². The molecule has 0 bridgehead atoms. The lowest BCUT2D eigenvalue weighted by Crippen LogP contribution is -2.11. The van der Waals surface area contributed by atoms with Crippen molar-refractivity contribution in [2.45, 2.75) is 0 Å². The smallest absolute Gasteiger partial charge is 0.159 e. The second-order valence-corrected chi connectivity index (χ2v) is 13.6. The van der Waals surface area contributed by atoms with Crippen molar-refractivity contribution in [3.8, 4) is 22.3 Å². The Hall–Kier alpha value is -7.10. The van der Waals surface area contributed by atoms with Crippen molar-refractivity contribution >= 4 is 82.5 Å². The number of rotatable bonds is 5. The monoisotopic (exact) mass is 677 g/mol. The average molecular weight is 678 g/mol. The van der Waals surface area contributed by atoms with E-state index in [0.717, 1.165) is 82.8 Å². The molecule has 3 nitrogen and oxygen atoms in total. The number of benzene rings is 9. The first-order valence-electron chi connectivity index (χ1n) is 18.0. The average Bonchev–Trinajstić information content (AvgIpc) is 3.81. The third-order valence-electron chi connectivity index (χ3n) is 10.7. The van der Waals surface area contributed by atoms with E-state index in [4.69, 9.17) is 8.83 Å². The van der Waals surface area contributed by atoms with Crippen molar-refractivity contribution in [1.82, 2.24) is 0 Å². The van der Waals surface area contributed by atoms with E-state index >= 15 is 0 Å². The van der Waals surface area contributed by atoms with Crippen molar-refractivity contribution in [2.24, 2.45) is 0 Å². The van der Waals surface area contributed by atoms with Crippen LogP contribution in [0.1, 0.15) is 0 Å². The molecule has 0 saturated heterocycles. The van der Waals surface area contributed by atoms with E-state index in [0.29, 0.717) is 0 Å². The maximum atomic E-state index is 6.82. The summed E-state index contributed by atoms with van der Waals surface area (Å²) in [6.07, 6.45) is 0. The summed E-state index contributed by atoms with van der Waals surface area (Å²) in [5, 5.41) is 8.94. The van der Waals surface area contributed by atoms with Crippen LogP contribution >= 0.6 is 0 Å². The second-order valence-electron chi connectivity index (χ2n) is 13.6. The normalized spacial score (nSPS) is 11.8. The Morgan fingerprint density at radius 1 is 0.340 bits per heavy atom. The van der Waals surface area contributed by atoms with Crippen LogP contribution in [0, 0.1) is 0 Å². The Kier molecular flexibility index (Phi) is 6.55. The predicted molar refractivity (Wildman–Crippen MR) is 222 cm³/mol. The summed E-state index contributed by atoms with van der Waals surface area (Å²) >= 11 is 0. The highest BCUT2D eigenvalue weighted by molar-refractivity contribution is 6.24. The molecule has 9 aromatic carbocycles. The molecule has 53 heavy (non-hydrogen) atoms. The Labute approximate surface area is 305 Å². The summed E-state index contributed by atoms with van der Waals surface area (Å²) in [6.45, 7) is 0. The van der Waals surface area contributed by atoms with Gasteiger partial charge in [-0.1, -0.05) is 152 Å². The minimum Gasteiger partial charge on any atom is -0.455 e. The van der Waals surface area contributed by atoms with Crippen molar-refractivity contribution < 1.29 is 8.83 Å². The summed E-state index contributed by atoms with van der Waals surface area (Å²) in [7, 11) is 0. The van der Waals surface area contributed by atoms with Crippen LogP contribution in [-0.4, -0.2) is 0 Å². The Morgan fingerprint density at radius 3 is 1.79 bits per heavy atom. The number of fused-ring (bicyclic) bond motifs is 9. The molecule has 0 unspecified atom stereocenters. The van der Waals surface area contributed by atoms with E-state index in [9.17, 15) is 0 Å². The summed E-state index contributed by atoms with van der Waals surface area (Å²) in [5.41, 5.74) is 11.2. The van der Waals surface area contributed by atoms with E-state index in [1.165, 1.54) is 21.9 Å². The lowest BCUT2D eigenvalue weighted by atomic mass is 9.93. The fourth-order valence-electron chi connectivity index (χ4n) is 8.25. The predicted octanol–water partition coefficient (Wildman–Crippen LogP) is 14.6. The molecule has 0 spiro atoms. The summed E-state index contributed by atoms with van der Waals surface area (Å²) in [4.78, 5) is 2.36. The fourth-order valence-corrected chi connectivity index (χ4v) is 8.25. The van der Waals surface area contributed by atoms with Crippen molar-refractivity contribution in [3.63, 3.8) is 0 Å². The SMILES string of the molecule is c1ccc(-c2ccc(N(c3cc4c(oc5cccc(-c6cccc7ccccc67)c54)c4ccccc34)c3cccc4c3oc3ccccc34)cc2)cc1. The Morgan fingerprint density at radius 2 is 0.925 bits per heavy atom. The first kappa shape index (κ1) is 29.6. The number of para-hydroxylation sites is 2. The van der Waals surface area contributed by atoms with Gasteiger partial charge < -0.3 is 13.7 Å². The van der Waals surface area contributed by atoms with E-state index in [1.54, 1.807) is 0 Å². The van der Waals surface area contributed by atoms with E-state index in [2.05, 4.69) is 181 Å². The van der Waals surface area contributed by atoms with Crippen LogP contribution in [0.2, 0.25) is 0 Å². The van der Waals surface area contributed by atoms with Crippen LogP contribution in [0.25, 0.3) is 87.7 Å². The van der Waals surface area contributed by atoms with Crippen molar-refractivity contribution in [3.05, 3.63) is 188 Å². The third kappa shape index (κ3) is 4.61. The minimum absolute atomic E-state index is 0.846. The molecule has 248 valence electrons. The van der Waals surface area contributed by atoms with Gasteiger partial charge in [0.25, 0.3) is 0 Å². The molecule has 3 heteroatoms. The van der Waals surface area contributed by atoms with Crippen LogP contribution in [0.5, 0.6) is 0 Å². The van der Waals surface area contributed by atoms with Gasteiger partial charge in [0.15, 0.2) is 5.58 Å². The number of hydrogen-bond acceptors (Lipinski definition) is 3. The molecule has 0 N–H and O–H groups in total. The number of anilines is 3. The molecule has 2 heterocycles. The quantitative estimate of drug-likeness (QED) is 0.182. The van der Waals surface area contributed by atoms with E-state index < -0.39 is 0 Å². The summed E-state index contributed by atoms with van der Waals surface area (Å²) in [5.74, 6) is 0. The van der Waals surface area contributed by atoms with Crippen LogP contribution in [0.3, 0.4) is 0 Å². The van der Waals surface area contributed by atoms with Gasteiger partial charge in [-0.3, -0.25) is 0 Å². The van der Waals surface area contributed by atoms with E-state index in [1.807, 2.05) is 12.1 Å². The molecule has 0 radical (unpaired) electrons. The van der Waals surface area contributed by atoms with Gasteiger partial charge in [-0.2, -0.15) is 0 Å². The summed E-state index contributed by atoms with van der Waals surface area (Å²) in [6, 6.07) is 66.6. The van der Waals surface area contributed by atoms with Gasteiger partial charge in [0.05, 0.1) is 11.4 Å². The second kappa shape index (κ2) is 11.7. The molecule has 0 saturated carbocycles. The topological polar surface area (TPSA) is 29.5 Å². The number of nitrogens with zero attached hydrogens (tertiary/aromatic N) is 1. The van der Waals surface area contributed by atoms with Crippen LogP contribution in [-0.2, 0) is 0 Å². The highest BCUT2D eigenvalue weighted by atomic mass is 16.3. The van der Waals surface area contributed by atoms with Crippen molar-refractivity contribution in [1.29, 1.82) is 0 Å². The zero-order valence-corrected chi connectivity index (χ0v) is 28.7. The molecular weight excluding hydrogens is 647 g/mol. The van der Waals surface area contributed by atoms with Gasteiger partial charge >= 0.3 is 0 Å². The Bertz CT molecular complexity index is 3160. The first-order chi connectivity index (χ1) is 26.3. The molecular formula is C50H31NO2. The molecule has 0 fully saturated rings. The Balaban J connectivity index is 1.23. The molecule has 0 atom stereocenters. The number of furan rings is 2. The zero-order valence-electron chi connectivity index (χ0n) is 28.7. The van der Waals surface area contributed by atoms with Crippen LogP contribution in [0.15, 0.2) is 197 Å². The maximum Gasteiger partial charge on any atom is 0.159 e. The highest BCUT2D eigenvalue weighted by Crippen LogP contribution is 2.49. The lowest BCUT2D eigenvalue weighted by molar-refractivity contribution is 0.669. The molecule has 0 aliphatic heterocycles. The fraction of sp³-hybridized carbons (Fsp3) is 0. The molecule has 11 aromatic rings. The number of hydrogen-bond donors (Lipinski definition) is 0. The maximum absolute atomic E-state index is 6.82. The molecule has 2 aromatic heterocycles. The highest BCUT2D eigenvalue weighted by Gasteiger charge is 2.24. The minimum atomic E-state index is 0.846. The van der Waals surface area contributed by atoms with Gasteiger partial charge in [0, 0.05) is 38.0 Å². The van der Waals surface area contributed by atoms with Crippen LogP contribution in [0.4, 0.5) is 17.1 Å². The van der Waals surface area contributed by atoms with Gasteiger partial charge in [0.1, 0.15) is 16.7 Å². The van der Waals surface area contributed by atoms with Gasteiger partial charge in [0.2, 0.25) is 0 Å². The molecule has 0 amide bonds. The zero-order chi connectivity index (χ0) is 34.9. The molecule has 11 rings (SSSR count). The van der Waals surface area contributed by atoms with E-state index in [-0.39, 0.29) is 0 Å². The largest absolute Gasteiger partial charge is 0.455 e. The first-order valence-corrected chi connectivity index (χ1v) is 18.0.